The van der Waals surface area contributed by atoms with Crippen LogP contribution in [0.1, 0.15) is 15.9 Å². The van der Waals surface area contributed by atoms with E-state index in [9.17, 15) is 9.59 Å². The lowest BCUT2D eigenvalue weighted by atomic mass is 10.1. The summed E-state index contributed by atoms with van der Waals surface area (Å²) >= 11 is 0. The van der Waals surface area contributed by atoms with Gasteiger partial charge in [0.25, 0.3) is 11.8 Å². The summed E-state index contributed by atoms with van der Waals surface area (Å²) in [6, 6.07) is 24.8. The number of nitrogens with zero attached hydrogens (tertiary/aromatic N) is 1. The number of para-hydroxylation sites is 1. The first-order valence-electron chi connectivity index (χ1n) is 9.54. The summed E-state index contributed by atoms with van der Waals surface area (Å²) in [7, 11) is 0. The molecule has 0 aliphatic heterocycles. The van der Waals surface area contributed by atoms with Crippen molar-refractivity contribution < 1.29 is 14.3 Å². The van der Waals surface area contributed by atoms with Crippen molar-refractivity contribution in [2.45, 2.75) is 6.54 Å². The normalized spacial score (nSPS) is 10.7. The van der Waals surface area contributed by atoms with E-state index in [1.165, 1.54) is 0 Å². The lowest BCUT2D eigenvalue weighted by Crippen LogP contribution is -2.20. The van der Waals surface area contributed by atoms with E-state index in [2.05, 4.69) is 22.0 Å². The van der Waals surface area contributed by atoms with Crippen LogP contribution in [0.5, 0.6) is 5.75 Å². The molecule has 1 heterocycles. The Kier molecular flexibility index (Phi) is 5.48. The molecule has 0 aliphatic carbocycles. The van der Waals surface area contributed by atoms with Crippen LogP contribution >= 0.6 is 0 Å². The van der Waals surface area contributed by atoms with Crippen LogP contribution in [0.4, 0.5) is 5.69 Å². The summed E-state index contributed by atoms with van der Waals surface area (Å²) in [6.45, 7) is 0.454. The second-order valence-electron chi connectivity index (χ2n) is 6.91. The van der Waals surface area contributed by atoms with Crippen LogP contribution in [-0.2, 0) is 11.3 Å². The second-order valence-corrected chi connectivity index (χ2v) is 6.91. The number of carbonyl (C=O) groups excluding carboxylic acids is 2. The largest absolute Gasteiger partial charge is 0.484 e. The van der Waals surface area contributed by atoms with Crippen molar-refractivity contribution in [1.29, 1.82) is 0 Å². The standard InChI is InChI=1S/C24H21N3O3/c25-23(28)16-30-19-10-6-9-18(13-19)26-24(29)21-15-27(14-17-7-2-1-3-8-17)22-12-5-4-11-20(21)22/h1-13,15H,14,16H2,(H2,25,28)(H,26,29). The van der Waals surface area contributed by atoms with Crippen LogP contribution in [0.2, 0.25) is 0 Å². The molecule has 3 N–H and O–H groups in total. The molecule has 6 nitrogen and oxygen atoms in total. The maximum atomic E-state index is 13.0. The van der Waals surface area contributed by atoms with Gasteiger partial charge in [-0.15, -0.1) is 0 Å². The molecule has 2 amide bonds. The van der Waals surface area contributed by atoms with Crippen molar-refractivity contribution in [3.8, 4) is 5.75 Å². The SMILES string of the molecule is NC(=O)COc1cccc(NC(=O)c2cn(Cc3ccccc3)c3ccccc23)c1. The molecule has 0 saturated carbocycles. The summed E-state index contributed by atoms with van der Waals surface area (Å²) in [6.07, 6.45) is 1.88. The number of nitrogens with one attached hydrogen (secondary N) is 1. The van der Waals surface area contributed by atoms with Crippen LogP contribution < -0.4 is 15.8 Å². The Morgan fingerprint density at radius 2 is 1.70 bits per heavy atom. The van der Waals surface area contributed by atoms with Crippen LogP contribution in [0.25, 0.3) is 10.9 Å². The molecule has 30 heavy (non-hydrogen) atoms. The van der Waals surface area contributed by atoms with E-state index in [-0.39, 0.29) is 12.5 Å². The summed E-state index contributed by atoms with van der Waals surface area (Å²) in [5, 5.41) is 3.79. The van der Waals surface area contributed by atoms with Gasteiger partial charge in [0, 0.05) is 35.4 Å². The van der Waals surface area contributed by atoms with Gasteiger partial charge in [0.1, 0.15) is 5.75 Å². The van der Waals surface area contributed by atoms with Crippen LogP contribution in [0.3, 0.4) is 0 Å². The number of anilines is 1. The molecule has 0 bridgehead atoms. The third-order valence-electron chi connectivity index (χ3n) is 4.70. The third kappa shape index (κ3) is 4.33. The number of benzene rings is 3. The average Bonchev–Trinajstić information content (AvgIpc) is 3.12. The second kappa shape index (κ2) is 8.53. The highest BCUT2D eigenvalue weighted by Crippen LogP contribution is 2.24. The molecule has 0 saturated heterocycles. The van der Waals surface area contributed by atoms with E-state index in [0.29, 0.717) is 23.5 Å². The van der Waals surface area contributed by atoms with E-state index in [4.69, 9.17) is 10.5 Å². The van der Waals surface area contributed by atoms with E-state index < -0.39 is 5.91 Å². The fraction of sp³-hybridized carbons (Fsp3) is 0.0833. The van der Waals surface area contributed by atoms with Gasteiger partial charge < -0.3 is 20.4 Å². The zero-order valence-electron chi connectivity index (χ0n) is 16.2. The van der Waals surface area contributed by atoms with Crippen LogP contribution in [0.15, 0.2) is 85.1 Å². The van der Waals surface area contributed by atoms with Crippen LogP contribution in [-0.4, -0.2) is 23.0 Å². The summed E-state index contributed by atoms with van der Waals surface area (Å²) in [5.74, 6) is -0.321. The molecule has 150 valence electrons. The van der Waals surface area contributed by atoms with Gasteiger partial charge in [0.15, 0.2) is 6.61 Å². The zero-order valence-corrected chi connectivity index (χ0v) is 16.2. The van der Waals surface area contributed by atoms with E-state index in [0.717, 1.165) is 16.5 Å². The first kappa shape index (κ1) is 19.3. The monoisotopic (exact) mass is 399 g/mol. The molecule has 3 aromatic carbocycles. The fourth-order valence-corrected chi connectivity index (χ4v) is 3.36. The molecule has 1 aromatic heterocycles. The lowest BCUT2D eigenvalue weighted by Gasteiger charge is -2.08. The van der Waals surface area contributed by atoms with E-state index >= 15 is 0 Å². The summed E-state index contributed by atoms with van der Waals surface area (Å²) in [5.41, 5.74) is 8.42. The van der Waals surface area contributed by atoms with Gasteiger partial charge in [0.05, 0.1) is 5.56 Å². The van der Waals surface area contributed by atoms with E-state index in [1.54, 1.807) is 24.3 Å². The maximum Gasteiger partial charge on any atom is 0.257 e. The Balaban J connectivity index is 1.59. The van der Waals surface area contributed by atoms with Gasteiger partial charge in [-0.2, -0.15) is 0 Å². The minimum Gasteiger partial charge on any atom is -0.484 e. The van der Waals surface area contributed by atoms with Gasteiger partial charge in [-0.3, -0.25) is 9.59 Å². The highest BCUT2D eigenvalue weighted by Gasteiger charge is 2.15. The topological polar surface area (TPSA) is 86.4 Å². The zero-order chi connectivity index (χ0) is 20.9. The minimum atomic E-state index is -0.560. The third-order valence-corrected chi connectivity index (χ3v) is 4.70. The number of fused-ring (bicyclic) bond motifs is 1. The molecule has 0 spiro atoms. The van der Waals surface area contributed by atoms with Crippen molar-refractivity contribution >= 4 is 28.4 Å². The summed E-state index contributed by atoms with van der Waals surface area (Å²) in [4.78, 5) is 23.9. The molecular formula is C24H21N3O3. The molecule has 6 heteroatoms. The van der Waals surface area contributed by atoms with Crippen molar-refractivity contribution in [2.75, 3.05) is 11.9 Å². The minimum absolute atomic E-state index is 0.218. The number of amides is 2. The number of rotatable bonds is 7. The molecule has 4 aromatic rings. The summed E-state index contributed by atoms with van der Waals surface area (Å²) < 4.78 is 7.38. The van der Waals surface area contributed by atoms with Crippen molar-refractivity contribution in [3.63, 3.8) is 0 Å². The highest BCUT2D eigenvalue weighted by atomic mass is 16.5. The quantitative estimate of drug-likeness (QED) is 0.495. The number of primary amides is 1. The number of nitrogens with two attached hydrogens (primary N) is 1. The molecule has 0 radical (unpaired) electrons. The maximum absolute atomic E-state index is 13.0. The van der Waals surface area contributed by atoms with Gasteiger partial charge in [-0.25, -0.2) is 0 Å². The number of hydrogen-bond donors (Lipinski definition) is 2. The van der Waals surface area contributed by atoms with Crippen LogP contribution in [0, 0.1) is 0 Å². The molecule has 0 fully saturated rings. The van der Waals surface area contributed by atoms with Gasteiger partial charge >= 0.3 is 0 Å². The average molecular weight is 399 g/mol. The predicted molar refractivity (Wildman–Crippen MR) is 117 cm³/mol. The molecule has 4 rings (SSSR count). The van der Waals surface area contributed by atoms with Crippen molar-refractivity contribution in [2.24, 2.45) is 5.73 Å². The first-order valence-corrected chi connectivity index (χ1v) is 9.54. The van der Waals surface area contributed by atoms with Crippen molar-refractivity contribution in [3.05, 3.63) is 96.2 Å². The predicted octanol–water partition coefficient (Wildman–Crippen LogP) is 3.81. The fourth-order valence-electron chi connectivity index (χ4n) is 3.36. The van der Waals surface area contributed by atoms with Gasteiger partial charge in [-0.1, -0.05) is 54.6 Å². The number of aromatic nitrogens is 1. The Morgan fingerprint density at radius 1 is 0.933 bits per heavy atom. The highest BCUT2D eigenvalue weighted by molar-refractivity contribution is 6.13. The Morgan fingerprint density at radius 3 is 2.50 bits per heavy atom. The lowest BCUT2D eigenvalue weighted by molar-refractivity contribution is -0.119. The molecule has 0 unspecified atom stereocenters. The van der Waals surface area contributed by atoms with E-state index in [1.807, 2.05) is 48.7 Å². The Bertz CT molecular complexity index is 1200. The van der Waals surface area contributed by atoms with Crippen molar-refractivity contribution in [1.82, 2.24) is 4.57 Å². The molecule has 0 atom stereocenters. The van der Waals surface area contributed by atoms with Gasteiger partial charge in [0.2, 0.25) is 0 Å². The smallest absolute Gasteiger partial charge is 0.257 e. The molecule has 0 aliphatic rings. The Labute approximate surface area is 173 Å². The Hall–Kier alpha value is -4.06. The first-order chi connectivity index (χ1) is 14.6. The van der Waals surface area contributed by atoms with Gasteiger partial charge in [-0.05, 0) is 23.8 Å². The number of carbonyl (C=O) groups is 2. The molecular weight excluding hydrogens is 378 g/mol. The number of ether oxygens (including phenoxy) is 1. The number of hydrogen-bond acceptors (Lipinski definition) is 3.